The van der Waals surface area contributed by atoms with Crippen molar-refractivity contribution in [1.82, 2.24) is 5.32 Å². The molecule has 2 aliphatic heterocycles. The molecule has 0 aromatic carbocycles. The zero-order valence-corrected chi connectivity index (χ0v) is 55.9. The predicted octanol–water partition coefficient (Wildman–Crippen LogP) is 15.6. The van der Waals surface area contributed by atoms with Gasteiger partial charge in [0.1, 0.15) is 48.8 Å². The second-order valence-electron chi connectivity index (χ2n) is 26.8. The van der Waals surface area contributed by atoms with Gasteiger partial charge in [-0.1, -0.05) is 341 Å². The fraction of sp³-hybridized carbons (Fsp3) is 0.986. The maximum Gasteiger partial charge on any atom is 0.220 e. The molecule has 0 radical (unpaired) electrons. The van der Waals surface area contributed by atoms with E-state index in [1.54, 1.807) is 0 Å². The van der Waals surface area contributed by atoms with E-state index in [1.807, 2.05) is 0 Å². The van der Waals surface area contributed by atoms with Gasteiger partial charge >= 0.3 is 0 Å². The molecular formula is C72H141NO13. The van der Waals surface area contributed by atoms with Crippen molar-refractivity contribution in [2.24, 2.45) is 0 Å². The minimum atomic E-state index is -1.78. The molecule has 0 aliphatic carbocycles. The standard InChI is InChI=1S/C72H141NO13/c1-3-5-7-9-11-13-15-17-18-19-20-21-22-23-24-25-26-27-28-29-30-31-32-33-34-35-36-37-38-39-40-41-42-43-44-46-48-50-52-54-56-64(77)73-60(61(76)55-53-51-49-47-45-16-14-12-10-8-6-4-2)59-83-71-69(82)67(80)70(63(58-75)85-71)86-72-68(81)66(79)65(78)62(57-74)84-72/h60-63,65-72,74-76,78-82H,3-59H2,1-2H3,(H,73,77). The van der Waals surface area contributed by atoms with Crippen LogP contribution in [0.2, 0.25) is 0 Å². The minimum Gasteiger partial charge on any atom is -0.394 e. The van der Waals surface area contributed by atoms with Gasteiger partial charge in [-0.15, -0.1) is 0 Å². The minimum absolute atomic E-state index is 0.199. The van der Waals surface area contributed by atoms with Crippen LogP contribution in [0.1, 0.15) is 361 Å². The zero-order chi connectivity index (χ0) is 62.3. The number of aliphatic hydroxyl groups excluding tert-OH is 8. The molecule has 2 heterocycles. The van der Waals surface area contributed by atoms with Crippen molar-refractivity contribution in [2.75, 3.05) is 19.8 Å². The van der Waals surface area contributed by atoms with Gasteiger partial charge in [0, 0.05) is 6.42 Å². The summed E-state index contributed by atoms with van der Waals surface area (Å²) in [6.45, 7) is 2.90. The van der Waals surface area contributed by atoms with Crippen molar-refractivity contribution in [1.29, 1.82) is 0 Å². The lowest BCUT2D eigenvalue weighted by Crippen LogP contribution is -2.65. The first-order valence-corrected chi connectivity index (χ1v) is 37.3. The maximum atomic E-state index is 13.3. The van der Waals surface area contributed by atoms with Crippen LogP contribution < -0.4 is 5.32 Å². The molecule has 9 N–H and O–H groups in total. The first kappa shape index (κ1) is 81.1. The van der Waals surface area contributed by atoms with Crippen LogP contribution in [0.3, 0.4) is 0 Å². The summed E-state index contributed by atoms with van der Waals surface area (Å²) in [7, 11) is 0. The van der Waals surface area contributed by atoms with E-state index in [-0.39, 0.29) is 12.5 Å². The molecule has 12 atom stereocenters. The Balaban J connectivity index is 1.50. The summed E-state index contributed by atoms with van der Waals surface area (Å²) in [6.07, 6.45) is 53.2. The molecule has 2 aliphatic rings. The second kappa shape index (κ2) is 57.9. The number of aliphatic hydroxyl groups is 8. The number of hydrogen-bond acceptors (Lipinski definition) is 13. The summed E-state index contributed by atoms with van der Waals surface area (Å²) in [6, 6.07) is -0.823. The largest absolute Gasteiger partial charge is 0.394 e. The molecule has 86 heavy (non-hydrogen) atoms. The third kappa shape index (κ3) is 41.5. The summed E-state index contributed by atoms with van der Waals surface area (Å²) < 4.78 is 22.9. The topological polar surface area (TPSA) is 228 Å². The van der Waals surface area contributed by atoms with Gasteiger partial charge in [-0.3, -0.25) is 4.79 Å². The molecule has 2 rings (SSSR count). The van der Waals surface area contributed by atoms with Gasteiger partial charge in [0.2, 0.25) is 5.91 Å². The number of ether oxygens (including phenoxy) is 4. The van der Waals surface area contributed by atoms with Crippen molar-refractivity contribution >= 4 is 5.91 Å². The third-order valence-electron chi connectivity index (χ3n) is 18.8. The quantitative estimate of drug-likeness (QED) is 0.0259. The van der Waals surface area contributed by atoms with Crippen molar-refractivity contribution in [2.45, 2.75) is 434 Å². The number of nitrogens with one attached hydrogen (secondary N) is 1. The van der Waals surface area contributed by atoms with E-state index in [1.165, 1.54) is 283 Å². The molecule has 0 aromatic rings. The Morgan fingerprint density at radius 1 is 0.372 bits per heavy atom. The van der Waals surface area contributed by atoms with Crippen molar-refractivity contribution < 1.29 is 64.6 Å². The molecular weight excluding hydrogens is 1090 g/mol. The molecule has 2 fully saturated rings. The number of carbonyl (C=O) groups excluding carboxylic acids is 1. The lowest BCUT2D eigenvalue weighted by atomic mass is 9.97. The van der Waals surface area contributed by atoms with Crippen LogP contribution >= 0.6 is 0 Å². The van der Waals surface area contributed by atoms with Gasteiger partial charge in [0.25, 0.3) is 0 Å². The molecule has 0 spiro atoms. The molecule has 14 nitrogen and oxygen atoms in total. The van der Waals surface area contributed by atoms with Crippen LogP contribution in [-0.2, 0) is 23.7 Å². The van der Waals surface area contributed by atoms with E-state index < -0.39 is 86.8 Å². The van der Waals surface area contributed by atoms with Crippen LogP contribution in [0, 0.1) is 0 Å². The highest BCUT2D eigenvalue weighted by Crippen LogP contribution is 2.30. The monoisotopic (exact) mass is 1230 g/mol. The van der Waals surface area contributed by atoms with Gasteiger partial charge < -0.3 is 65.1 Å². The number of amides is 1. The van der Waals surface area contributed by atoms with Crippen LogP contribution in [0.5, 0.6) is 0 Å². The Labute approximate surface area is 527 Å². The Kier molecular flexibility index (Phi) is 54.5. The highest BCUT2D eigenvalue weighted by molar-refractivity contribution is 5.76. The zero-order valence-electron chi connectivity index (χ0n) is 55.9. The number of rotatable bonds is 63. The molecule has 2 saturated heterocycles. The summed E-state index contributed by atoms with van der Waals surface area (Å²) in [5.74, 6) is -0.199. The fourth-order valence-electron chi connectivity index (χ4n) is 12.9. The molecule has 12 unspecified atom stereocenters. The maximum absolute atomic E-state index is 13.3. The van der Waals surface area contributed by atoms with Crippen molar-refractivity contribution in [3.05, 3.63) is 0 Å². The number of hydrogen-bond donors (Lipinski definition) is 9. The highest BCUT2D eigenvalue weighted by Gasteiger charge is 2.51. The smallest absolute Gasteiger partial charge is 0.220 e. The normalized spacial score (nSPS) is 23.3. The van der Waals surface area contributed by atoms with Gasteiger partial charge in [-0.2, -0.15) is 0 Å². The average Bonchev–Trinajstić information content (AvgIpc) is 1.60. The van der Waals surface area contributed by atoms with E-state index in [4.69, 9.17) is 18.9 Å². The van der Waals surface area contributed by atoms with Crippen molar-refractivity contribution in [3.63, 3.8) is 0 Å². The highest BCUT2D eigenvalue weighted by atomic mass is 16.7. The lowest BCUT2D eigenvalue weighted by Gasteiger charge is -2.46. The van der Waals surface area contributed by atoms with Gasteiger partial charge in [-0.25, -0.2) is 0 Å². The Morgan fingerprint density at radius 2 is 0.663 bits per heavy atom. The van der Waals surface area contributed by atoms with Crippen LogP contribution in [0.25, 0.3) is 0 Å². The van der Waals surface area contributed by atoms with E-state index in [9.17, 15) is 45.6 Å². The van der Waals surface area contributed by atoms with E-state index >= 15 is 0 Å². The third-order valence-corrected chi connectivity index (χ3v) is 18.8. The Hall–Kier alpha value is -1.01. The summed E-state index contributed by atoms with van der Waals surface area (Å²) in [5, 5.41) is 87.4. The second-order valence-corrected chi connectivity index (χ2v) is 26.8. The van der Waals surface area contributed by atoms with Gasteiger partial charge in [0.15, 0.2) is 12.6 Å². The first-order valence-electron chi connectivity index (χ1n) is 37.3. The Morgan fingerprint density at radius 3 is 0.988 bits per heavy atom. The summed E-state index contributed by atoms with van der Waals surface area (Å²) >= 11 is 0. The van der Waals surface area contributed by atoms with Crippen LogP contribution in [0.4, 0.5) is 0 Å². The molecule has 0 aromatic heterocycles. The van der Waals surface area contributed by atoms with Crippen LogP contribution in [-0.4, -0.2) is 140 Å². The Bertz CT molecular complexity index is 1450. The summed E-state index contributed by atoms with van der Waals surface area (Å²) in [5.41, 5.74) is 0. The van der Waals surface area contributed by atoms with Crippen LogP contribution in [0.15, 0.2) is 0 Å². The number of carbonyl (C=O) groups is 1. The average molecular weight is 1230 g/mol. The van der Waals surface area contributed by atoms with E-state index in [2.05, 4.69) is 19.2 Å². The van der Waals surface area contributed by atoms with Crippen molar-refractivity contribution in [3.8, 4) is 0 Å². The molecule has 14 heteroatoms. The summed E-state index contributed by atoms with van der Waals surface area (Å²) in [4.78, 5) is 13.3. The first-order chi connectivity index (χ1) is 42.1. The van der Waals surface area contributed by atoms with Gasteiger partial charge in [-0.05, 0) is 12.8 Å². The lowest BCUT2D eigenvalue weighted by molar-refractivity contribution is -0.359. The SMILES string of the molecule is CCCCCCCCCCCCCCCCCCCCCCCCCCCCCCCCCCCCCCCCCCC(=O)NC(COC1OC(CO)C(OC2OC(CO)C(O)C(O)C2O)C(O)C1O)C(O)CCCCCCCCCCCCCC. The number of unbranched alkanes of at least 4 members (excludes halogenated alkanes) is 50. The fourth-order valence-corrected chi connectivity index (χ4v) is 12.9. The van der Waals surface area contributed by atoms with E-state index in [0.717, 1.165) is 51.4 Å². The van der Waals surface area contributed by atoms with Gasteiger partial charge in [0.05, 0.1) is 32.0 Å². The molecule has 0 bridgehead atoms. The molecule has 512 valence electrons. The molecule has 1 amide bonds. The molecule has 0 saturated carbocycles. The van der Waals surface area contributed by atoms with E-state index in [0.29, 0.717) is 12.8 Å². The predicted molar refractivity (Wildman–Crippen MR) is 351 cm³/mol.